The molecule has 0 unspecified atom stereocenters. The van der Waals surface area contributed by atoms with Crippen molar-refractivity contribution in [2.24, 2.45) is 0 Å². The van der Waals surface area contributed by atoms with Gasteiger partial charge in [0.1, 0.15) is 0 Å². The predicted octanol–water partition coefficient (Wildman–Crippen LogP) is 17.7. The number of fused-ring (bicyclic) bond motifs is 2. The number of hydrogen-bond acceptors (Lipinski definition) is 3. The largest absolute Gasteiger partial charge is 0.311 e. The molecular weight excluding hydrogens is 781 g/mol. The van der Waals surface area contributed by atoms with Crippen LogP contribution >= 0.6 is 11.3 Å². The highest BCUT2D eigenvalue weighted by Gasteiger charge is 2.18. The first-order valence-corrected chi connectivity index (χ1v) is 22.2. The Morgan fingerprint density at radius 3 is 1.10 bits per heavy atom. The van der Waals surface area contributed by atoms with Gasteiger partial charge in [0.25, 0.3) is 0 Å². The smallest absolute Gasteiger partial charge is 0.0540 e. The van der Waals surface area contributed by atoms with Crippen molar-refractivity contribution in [2.45, 2.75) is 0 Å². The SMILES string of the molecule is c1ccc(-c2ccc(N(c3ccc(-c4ccccc4)cc3)c3ccc(-c4ccc(N(c5ccc(-c6cc7ccccc7s6)cc5)c5cccc6ccccc56)cc4)cc3)cc2)cc1. The molecule has 0 aliphatic heterocycles. The highest BCUT2D eigenvalue weighted by atomic mass is 32.1. The third kappa shape index (κ3) is 7.67. The van der Waals surface area contributed by atoms with Gasteiger partial charge in [-0.1, -0.05) is 176 Å². The van der Waals surface area contributed by atoms with Crippen LogP contribution in [0.1, 0.15) is 0 Å². The molecule has 0 radical (unpaired) electrons. The second kappa shape index (κ2) is 16.8. The summed E-state index contributed by atoms with van der Waals surface area (Å²) >= 11 is 1.84. The Hall–Kier alpha value is -7.98. The Morgan fingerprint density at radius 2 is 0.619 bits per heavy atom. The second-order valence-corrected chi connectivity index (χ2v) is 16.9. The molecule has 0 saturated carbocycles. The zero-order valence-electron chi connectivity index (χ0n) is 34.6. The standard InChI is InChI=1S/C60H42N2S/c1-3-12-43(13-4-1)45-22-32-52(33-23-45)61(53-34-24-46(25-35-53)44-14-5-2-6-15-44)54-36-26-47(27-37-54)48-28-38-55(39-29-48)62(58-20-11-18-49-16-7-9-19-57(49)58)56-40-30-50(31-41-56)60-42-51-17-8-10-21-59(51)63-60/h1-42H. The van der Waals surface area contributed by atoms with Crippen LogP contribution in [0, 0.1) is 0 Å². The summed E-state index contributed by atoms with van der Waals surface area (Å²) in [6.45, 7) is 0. The maximum atomic E-state index is 2.38. The van der Waals surface area contributed by atoms with Crippen LogP contribution in [0.5, 0.6) is 0 Å². The van der Waals surface area contributed by atoms with Gasteiger partial charge in [-0.2, -0.15) is 0 Å². The lowest BCUT2D eigenvalue weighted by Crippen LogP contribution is -2.10. The number of rotatable bonds is 10. The average molecular weight is 823 g/mol. The molecule has 0 N–H and O–H groups in total. The van der Waals surface area contributed by atoms with Gasteiger partial charge in [0, 0.05) is 43.4 Å². The first-order chi connectivity index (χ1) is 31.2. The lowest BCUT2D eigenvalue weighted by Gasteiger charge is -2.27. The normalized spacial score (nSPS) is 11.2. The van der Waals surface area contributed by atoms with E-state index in [-0.39, 0.29) is 0 Å². The molecule has 11 rings (SSSR count). The van der Waals surface area contributed by atoms with Gasteiger partial charge in [0.2, 0.25) is 0 Å². The molecule has 0 fully saturated rings. The highest BCUT2D eigenvalue weighted by molar-refractivity contribution is 7.22. The van der Waals surface area contributed by atoms with Crippen molar-refractivity contribution in [3.8, 4) is 43.8 Å². The van der Waals surface area contributed by atoms with Crippen molar-refractivity contribution in [3.05, 3.63) is 255 Å². The molecular formula is C60H42N2S. The fraction of sp³-hybridized carbons (Fsp3) is 0. The number of nitrogens with zero attached hydrogens (tertiary/aromatic N) is 2. The van der Waals surface area contributed by atoms with E-state index in [2.05, 4.69) is 265 Å². The lowest BCUT2D eigenvalue weighted by atomic mass is 10.0. The van der Waals surface area contributed by atoms with E-state index in [1.54, 1.807) is 0 Å². The molecule has 2 nitrogen and oxygen atoms in total. The molecule has 0 saturated heterocycles. The van der Waals surface area contributed by atoms with Crippen LogP contribution in [-0.2, 0) is 0 Å². The van der Waals surface area contributed by atoms with Crippen LogP contribution in [0.15, 0.2) is 255 Å². The van der Waals surface area contributed by atoms with E-state index in [0.717, 1.165) is 45.3 Å². The summed E-state index contributed by atoms with van der Waals surface area (Å²) in [5.74, 6) is 0. The predicted molar refractivity (Wildman–Crippen MR) is 270 cm³/mol. The minimum atomic E-state index is 1.09. The first-order valence-electron chi connectivity index (χ1n) is 21.4. The molecule has 0 aliphatic carbocycles. The number of benzene rings is 10. The molecule has 0 amide bonds. The number of thiophene rings is 1. The quantitative estimate of drug-likeness (QED) is 0.136. The third-order valence-electron chi connectivity index (χ3n) is 11.9. The fourth-order valence-corrected chi connectivity index (χ4v) is 9.72. The van der Waals surface area contributed by atoms with Gasteiger partial charge in [0.15, 0.2) is 0 Å². The molecule has 298 valence electrons. The summed E-state index contributed by atoms with van der Waals surface area (Å²) in [5.41, 5.74) is 15.0. The van der Waals surface area contributed by atoms with Crippen molar-refractivity contribution in [2.75, 3.05) is 9.80 Å². The minimum Gasteiger partial charge on any atom is -0.311 e. The highest BCUT2D eigenvalue weighted by Crippen LogP contribution is 2.42. The summed E-state index contributed by atoms with van der Waals surface area (Å²) in [7, 11) is 0. The van der Waals surface area contributed by atoms with E-state index < -0.39 is 0 Å². The van der Waals surface area contributed by atoms with Crippen molar-refractivity contribution in [1.29, 1.82) is 0 Å². The summed E-state index contributed by atoms with van der Waals surface area (Å²) in [5, 5.41) is 3.71. The molecule has 3 heteroatoms. The van der Waals surface area contributed by atoms with Gasteiger partial charge in [-0.25, -0.2) is 0 Å². The van der Waals surface area contributed by atoms with Crippen molar-refractivity contribution >= 4 is 66.3 Å². The zero-order valence-corrected chi connectivity index (χ0v) is 35.4. The van der Waals surface area contributed by atoms with Crippen LogP contribution in [0.3, 0.4) is 0 Å². The Morgan fingerprint density at radius 1 is 0.254 bits per heavy atom. The Bertz CT molecular complexity index is 3160. The molecule has 1 heterocycles. The van der Waals surface area contributed by atoms with E-state index in [1.807, 2.05) is 11.3 Å². The monoisotopic (exact) mass is 822 g/mol. The molecule has 1 aromatic heterocycles. The lowest BCUT2D eigenvalue weighted by molar-refractivity contribution is 1.28. The maximum absolute atomic E-state index is 2.38. The van der Waals surface area contributed by atoms with Crippen molar-refractivity contribution < 1.29 is 0 Å². The van der Waals surface area contributed by atoms with E-state index >= 15 is 0 Å². The maximum Gasteiger partial charge on any atom is 0.0540 e. The van der Waals surface area contributed by atoms with Gasteiger partial charge in [-0.15, -0.1) is 11.3 Å². The number of hydrogen-bond donors (Lipinski definition) is 0. The third-order valence-corrected chi connectivity index (χ3v) is 13.1. The molecule has 0 spiro atoms. The Balaban J connectivity index is 0.920. The first kappa shape index (κ1) is 38.0. The van der Waals surface area contributed by atoms with Crippen LogP contribution in [0.4, 0.5) is 34.1 Å². The second-order valence-electron chi connectivity index (χ2n) is 15.8. The van der Waals surface area contributed by atoms with E-state index in [0.29, 0.717) is 0 Å². The Kier molecular flexibility index (Phi) is 10.1. The van der Waals surface area contributed by atoms with Crippen molar-refractivity contribution in [1.82, 2.24) is 0 Å². The summed E-state index contributed by atoms with van der Waals surface area (Å²) in [6.07, 6.45) is 0. The number of anilines is 6. The van der Waals surface area contributed by atoms with E-state index in [1.165, 1.54) is 53.6 Å². The van der Waals surface area contributed by atoms with E-state index in [4.69, 9.17) is 0 Å². The van der Waals surface area contributed by atoms with Gasteiger partial charge < -0.3 is 9.80 Å². The van der Waals surface area contributed by atoms with Gasteiger partial charge >= 0.3 is 0 Å². The van der Waals surface area contributed by atoms with E-state index in [9.17, 15) is 0 Å². The van der Waals surface area contributed by atoms with Crippen LogP contribution in [0.2, 0.25) is 0 Å². The minimum absolute atomic E-state index is 1.09. The molecule has 63 heavy (non-hydrogen) atoms. The molecule has 0 atom stereocenters. The van der Waals surface area contributed by atoms with Crippen LogP contribution in [0.25, 0.3) is 64.7 Å². The summed E-state index contributed by atoms with van der Waals surface area (Å²) in [4.78, 5) is 6.00. The fourth-order valence-electron chi connectivity index (χ4n) is 8.65. The molecule has 11 aromatic rings. The van der Waals surface area contributed by atoms with Crippen LogP contribution < -0.4 is 9.80 Å². The average Bonchev–Trinajstić information content (AvgIpc) is 3.81. The van der Waals surface area contributed by atoms with Gasteiger partial charge in [-0.3, -0.25) is 0 Å². The Labute approximate surface area is 372 Å². The summed E-state index contributed by atoms with van der Waals surface area (Å²) in [6, 6.07) is 92.0. The zero-order chi connectivity index (χ0) is 42.0. The molecule has 0 aliphatic rings. The van der Waals surface area contributed by atoms with Gasteiger partial charge in [-0.05, 0) is 129 Å². The van der Waals surface area contributed by atoms with Crippen LogP contribution in [-0.4, -0.2) is 0 Å². The van der Waals surface area contributed by atoms with Crippen molar-refractivity contribution in [3.63, 3.8) is 0 Å². The van der Waals surface area contributed by atoms with Gasteiger partial charge in [0.05, 0.1) is 5.69 Å². The topological polar surface area (TPSA) is 6.48 Å². The molecule has 0 bridgehead atoms. The summed E-state index contributed by atoms with van der Waals surface area (Å²) < 4.78 is 1.31. The molecule has 10 aromatic carbocycles.